The molecule has 0 saturated heterocycles. The molecule has 0 aliphatic rings. The van der Waals surface area contributed by atoms with Gasteiger partial charge in [-0.05, 0) is 25.0 Å². The van der Waals surface area contributed by atoms with Crippen LogP contribution in [0, 0.1) is 13.8 Å². The molecule has 0 spiro atoms. The molecule has 0 bridgehead atoms. The van der Waals surface area contributed by atoms with Crippen LogP contribution in [-0.4, -0.2) is 29.1 Å². The van der Waals surface area contributed by atoms with Crippen LogP contribution in [-0.2, 0) is 9.59 Å². The van der Waals surface area contributed by atoms with E-state index in [1.165, 1.54) is 0 Å². The monoisotopic (exact) mass is 279 g/mol. The third-order valence-electron chi connectivity index (χ3n) is 2.73. The van der Waals surface area contributed by atoms with Crippen molar-refractivity contribution in [1.82, 2.24) is 5.32 Å². The first-order valence-corrected chi connectivity index (χ1v) is 5.96. The number of para-hydroxylation sites is 1. The second kappa shape index (κ2) is 6.55. The smallest absolute Gasteiger partial charge is 0.326 e. The van der Waals surface area contributed by atoms with Gasteiger partial charge in [0.15, 0.2) is 0 Å². The minimum atomic E-state index is -1.35. The van der Waals surface area contributed by atoms with Crippen LogP contribution in [0.5, 0.6) is 0 Å². The van der Waals surface area contributed by atoms with Crippen molar-refractivity contribution in [3.63, 3.8) is 0 Å². The van der Waals surface area contributed by atoms with Gasteiger partial charge in [-0.2, -0.15) is 0 Å². The van der Waals surface area contributed by atoms with Crippen molar-refractivity contribution in [2.24, 2.45) is 5.73 Å². The van der Waals surface area contributed by atoms with Crippen molar-refractivity contribution in [3.05, 3.63) is 29.3 Å². The number of carbonyl (C=O) groups excluding carboxylic acids is 2. The quantitative estimate of drug-likeness (QED) is 0.635. The lowest BCUT2D eigenvalue weighted by molar-refractivity contribution is -0.140. The molecule has 3 amide bonds. The lowest BCUT2D eigenvalue weighted by atomic mass is 10.1. The average molecular weight is 279 g/mol. The Morgan fingerprint density at radius 3 is 2.25 bits per heavy atom. The summed E-state index contributed by atoms with van der Waals surface area (Å²) in [6.07, 6.45) is -0.463. The number of nitrogens with one attached hydrogen (secondary N) is 2. The standard InChI is InChI=1S/C13H17N3O4/c1-7-4-3-5-8(2)11(7)16-13(20)15-9(12(18)19)6-10(14)17/h3-5,9H,6H2,1-2H3,(H2,14,17)(H,18,19)(H2,15,16,20)/t9-/m0/s1. The molecule has 108 valence electrons. The summed E-state index contributed by atoms with van der Waals surface area (Å²) >= 11 is 0. The zero-order valence-corrected chi connectivity index (χ0v) is 11.3. The molecule has 1 aromatic rings. The first kappa shape index (κ1) is 15.5. The van der Waals surface area contributed by atoms with Crippen LogP contribution in [0.2, 0.25) is 0 Å². The van der Waals surface area contributed by atoms with E-state index in [1.54, 1.807) is 0 Å². The third kappa shape index (κ3) is 4.27. The van der Waals surface area contributed by atoms with Gasteiger partial charge in [0.05, 0.1) is 6.42 Å². The lowest BCUT2D eigenvalue weighted by Crippen LogP contribution is -2.45. The Labute approximate surface area is 116 Å². The number of carbonyl (C=O) groups is 3. The summed E-state index contributed by atoms with van der Waals surface area (Å²) in [6.45, 7) is 3.64. The summed E-state index contributed by atoms with van der Waals surface area (Å²) in [6, 6.07) is 3.44. The van der Waals surface area contributed by atoms with E-state index >= 15 is 0 Å². The number of nitrogens with two attached hydrogens (primary N) is 1. The fraction of sp³-hybridized carbons (Fsp3) is 0.308. The molecular formula is C13H17N3O4. The van der Waals surface area contributed by atoms with Crippen molar-refractivity contribution in [3.8, 4) is 0 Å². The maximum Gasteiger partial charge on any atom is 0.326 e. The van der Waals surface area contributed by atoms with Crippen LogP contribution in [0.25, 0.3) is 0 Å². The Bertz CT molecular complexity index is 522. The zero-order valence-electron chi connectivity index (χ0n) is 11.3. The van der Waals surface area contributed by atoms with E-state index in [9.17, 15) is 14.4 Å². The Morgan fingerprint density at radius 2 is 1.80 bits per heavy atom. The predicted molar refractivity (Wildman–Crippen MR) is 73.3 cm³/mol. The molecule has 0 heterocycles. The second-order valence-corrected chi connectivity index (χ2v) is 4.43. The number of primary amides is 1. The fourth-order valence-electron chi connectivity index (χ4n) is 1.72. The summed E-state index contributed by atoms with van der Waals surface area (Å²) in [4.78, 5) is 33.4. The van der Waals surface area contributed by atoms with Gasteiger partial charge in [-0.15, -0.1) is 0 Å². The van der Waals surface area contributed by atoms with Gasteiger partial charge in [-0.25, -0.2) is 9.59 Å². The molecule has 20 heavy (non-hydrogen) atoms. The molecule has 5 N–H and O–H groups in total. The van der Waals surface area contributed by atoms with Crippen LogP contribution in [0.4, 0.5) is 10.5 Å². The Kier molecular flexibility index (Phi) is 5.08. The van der Waals surface area contributed by atoms with Gasteiger partial charge in [-0.3, -0.25) is 4.79 Å². The molecule has 0 unspecified atom stereocenters. The molecule has 7 nitrogen and oxygen atoms in total. The van der Waals surface area contributed by atoms with Crippen LogP contribution in [0.1, 0.15) is 17.5 Å². The van der Waals surface area contributed by atoms with E-state index < -0.39 is 30.4 Å². The number of amides is 3. The Hall–Kier alpha value is -2.57. The minimum absolute atomic E-state index is 0.463. The van der Waals surface area contributed by atoms with Crippen LogP contribution >= 0.6 is 0 Å². The number of carboxylic acid groups (broad SMARTS) is 1. The largest absolute Gasteiger partial charge is 0.480 e. The third-order valence-corrected chi connectivity index (χ3v) is 2.73. The Balaban J connectivity index is 2.76. The fourth-order valence-corrected chi connectivity index (χ4v) is 1.72. The topological polar surface area (TPSA) is 122 Å². The van der Waals surface area contributed by atoms with E-state index in [0.717, 1.165) is 11.1 Å². The van der Waals surface area contributed by atoms with Gasteiger partial charge < -0.3 is 21.5 Å². The van der Waals surface area contributed by atoms with E-state index in [0.29, 0.717) is 5.69 Å². The number of hydrogen-bond acceptors (Lipinski definition) is 3. The molecule has 1 aromatic carbocycles. The summed E-state index contributed by atoms with van der Waals surface area (Å²) in [7, 11) is 0. The maximum atomic E-state index is 11.8. The van der Waals surface area contributed by atoms with Crippen molar-refractivity contribution >= 4 is 23.6 Å². The number of benzene rings is 1. The molecule has 0 aliphatic heterocycles. The van der Waals surface area contributed by atoms with Gasteiger partial charge in [0.25, 0.3) is 0 Å². The highest BCUT2D eigenvalue weighted by molar-refractivity contribution is 5.94. The SMILES string of the molecule is Cc1cccc(C)c1NC(=O)N[C@@H](CC(N)=O)C(=O)O. The highest BCUT2D eigenvalue weighted by atomic mass is 16.4. The summed E-state index contributed by atoms with van der Waals surface area (Å²) < 4.78 is 0. The minimum Gasteiger partial charge on any atom is -0.480 e. The number of rotatable bonds is 5. The molecule has 1 rings (SSSR count). The van der Waals surface area contributed by atoms with Crippen LogP contribution < -0.4 is 16.4 Å². The number of carboxylic acids is 1. The summed E-state index contributed by atoms with van der Waals surface area (Å²) in [5.74, 6) is -2.12. The lowest BCUT2D eigenvalue weighted by Gasteiger charge is -2.16. The van der Waals surface area contributed by atoms with Crippen molar-refractivity contribution in [1.29, 1.82) is 0 Å². The van der Waals surface area contributed by atoms with Gasteiger partial charge in [0.1, 0.15) is 6.04 Å². The summed E-state index contributed by atoms with van der Waals surface area (Å²) in [5.41, 5.74) is 7.24. The normalized spacial score (nSPS) is 11.5. The van der Waals surface area contributed by atoms with E-state index in [2.05, 4.69) is 10.6 Å². The molecule has 1 atom stereocenters. The number of aliphatic carboxylic acids is 1. The highest BCUT2D eigenvalue weighted by Gasteiger charge is 2.22. The molecule has 7 heteroatoms. The van der Waals surface area contributed by atoms with E-state index in [4.69, 9.17) is 10.8 Å². The molecule has 0 radical (unpaired) electrons. The first-order valence-electron chi connectivity index (χ1n) is 5.96. The number of anilines is 1. The molecule has 0 fully saturated rings. The number of aryl methyl sites for hydroxylation is 2. The highest BCUT2D eigenvalue weighted by Crippen LogP contribution is 2.19. The van der Waals surface area contributed by atoms with Crippen molar-refractivity contribution in [2.75, 3.05) is 5.32 Å². The van der Waals surface area contributed by atoms with Gasteiger partial charge in [-0.1, -0.05) is 18.2 Å². The summed E-state index contributed by atoms with van der Waals surface area (Å²) in [5, 5.41) is 13.7. The Morgan fingerprint density at radius 1 is 1.25 bits per heavy atom. The van der Waals surface area contributed by atoms with Gasteiger partial charge in [0.2, 0.25) is 5.91 Å². The van der Waals surface area contributed by atoms with Gasteiger partial charge >= 0.3 is 12.0 Å². The molecular weight excluding hydrogens is 262 g/mol. The maximum absolute atomic E-state index is 11.8. The average Bonchev–Trinajstić information content (AvgIpc) is 2.32. The van der Waals surface area contributed by atoms with E-state index in [-0.39, 0.29) is 0 Å². The molecule has 0 saturated carbocycles. The predicted octanol–water partition coefficient (Wildman–Crippen LogP) is 0.754. The first-order chi connectivity index (χ1) is 9.31. The van der Waals surface area contributed by atoms with Gasteiger partial charge in [0, 0.05) is 5.69 Å². The van der Waals surface area contributed by atoms with E-state index in [1.807, 2.05) is 32.0 Å². The number of urea groups is 1. The van der Waals surface area contributed by atoms with Crippen molar-refractivity contribution < 1.29 is 19.5 Å². The van der Waals surface area contributed by atoms with Crippen LogP contribution in [0.3, 0.4) is 0 Å². The second-order valence-electron chi connectivity index (χ2n) is 4.43. The molecule has 0 aliphatic carbocycles. The van der Waals surface area contributed by atoms with Crippen LogP contribution in [0.15, 0.2) is 18.2 Å². The van der Waals surface area contributed by atoms with Crippen molar-refractivity contribution in [2.45, 2.75) is 26.3 Å². The molecule has 0 aromatic heterocycles. The zero-order chi connectivity index (χ0) is 15.3. The number of hydrogen-bond donors (Lipinski definition) is 4.